The van der Waals surface area contributed by atoms with Crippen LogP contribution in [-0.2, 0) is 31.2 Å². The zero-order valence-electron chi connectivity index (χ0n) is 21.4. The predicted octanol–water partition coefficient (Wildman–Crippen LogP) is -0.804. The van der Waals surface area contributed by atoms with Crippen LogP contribution < -0.4 is 10.6 Å². The molecule has 0 bridgehead atoms. The maximum Gasteiger partial charge on any atom is 0.394 e. The number of halogens is 1. The van der Waals surface area contributed by atoms with Crippen molar-refractivity contribution in [2.24, 2.45) is 23.5 Å². The van der Waals surface area contributed by atoms with Crippen molar-refractivity contribution in [3.63, 3.8) is 0 Å². The van der Waals surface area contributed by atoms with Crippen LogP contribution in [-0.4, -0.2) is 106 Å². The molecular weight excluding hydrogens is 562 g/mol. The lowest BCUT2D eigenvalue weighted by Gasteiger charge is -2.53. The molecule has 14 nitrogen and oxygen atoms in total. The molecule has 0 radical (unpaired) electrons. The second-order valence-electron chi connectivity index (χ2n) is 10.2. The number of amides is 1. The van der Waals surface area contributed by atoms with Gasteiger partial charge < -0.3 is 36.0 Å². The van der Waals surface area contributed by atoms with Crippen molar-refractivity contribution >= 4 is 50.9 Å². The first-order valence-electron chi connectivity index (χ1n) is 11.5. The predicted molar refractivity (Wildman–Crippen MR) is 138 cm³/mol. The van der Waals surface area contributed by atoms with Crippen LogP contribution in [0.5, 0.6) is 5.75 Å². The number of aromatic hydroxyl groups is 1. The number of nitrogens with zero attached hydrogens (tertiary/aromatic N) is 2. The van der Waals surface area contributed by atoms with Crippen LogP contribution in [0.4, 0.5) is 5.69 Å². The number of carbonyl (C=O) groups is 3. The van der Waals surface area contributed by atoms with E-state index >= 15 is 0 Å². The number of phenols is 1. The number of rotatable bonds is 3. The molecule has 2 fully saturated rings. The van der Waals surface area contributed by atoms with E-state index in [0.717, 1.165) is 0 Å². The number of aliphatic hydroxyl groups is 3. The first-order valence-corrected chi connectivity index (χ1v) is 13.3. The fraction of sp³-hybridized carbons (Fsp3) is 0.522. The van der Waals surface area contributed by atoms with Crippen molar-refractivity contribution in [1.82, 2.24) is 4.90 Å². The smallest absolute Gasteiger partial charge is 0.394 e. The zero-order valence-corrected chi connectivity index (χ0v) is 22.9. The normalized spacial score (nSPS) is 30.2. The van der Waals surface area contributed by atoms with E-state index in [-0.39, 0.29) is 34.8 Å². The Kier molecular flexibility index (Phi) is 8.13. The summed E-state index contributed by atoms with van der Waals surface area (Å²) < 4.78 is 31.6. The number of nitrogens with two attached hydrogens (primary N) is 1. The number of likely N-dealkylation sites (N-methyl/N-ethyl adjacent to an activating group) is 1. The van der Waals surface area contributed by atoms with Crippen molar-refractivity contribution in [3.05, 3.63) is 27.8 Å². The number of Topliss-reactive ketones (excluding diaryl/α,β-unsaturated/α-hetero) is 2. The van der Waals surface area contributed by atoms with Crippen molar-refractivity contribution in [2.45, 2.75) is 30.6 Å². The van der Waals surface area contributed by atoms with E-state index < -0.39 is 69.1 Å². The van der Waals surface area contributed by atoms with Crippen LogP contribution in [0.3, 0.4) is 0 Å². The van der Waals surface area contributed by atoms with Crippen LogP contribution in [0.2, 0.25) is 5.02 Å². The zero-order chi connectivity index (χ0) is 29.9. The highest BCUT2D eigenvalue weighted by atomic mass is 35.5. The summed E-state index contributed by atoms with van der Waals surface area (Å²) in [6.45, 7) is 0. The Morgan fingerprint density at radius 2 is 1.69 bits per heavy atom. The summed E-state index contributed by atoms with van der Waals surface area (Å²) in [5.41, 5.74) is 3.60. The maximum atomic E-state index is 13.7. The van der Waals surface area contributed by atoms with Crippen molar-refractivity contribution in [2.75, 3.05) is 33.1 Å². The summed E-state index contributed by atoms with van der Waals surface area (Å²) in [6.07, 6.45) is -1.28. The van der Waals surface area contributed by atoms with Gasteiger partial charge in [0.25, 0.3) is 0 Å². The lowest BCUT2D eigenvalue weighted by molar-refractivity contribution is -0.184. The number of hydrogen-bond donors (Lipinski definition) is 7. The molecule has 16 heteroatoms. The molecule has 1 amide bonds. The Balaban J connectivity index is 0.000000771. The summed E-state index contributed by atoms with van der Waals surface area (Å²) in [5, 5.41) is 44.4. The lowest BCUT2D eigenvalue weighted by atomic mass is 9.54. The van der Waals surface area contributed by atoms with Crippen molar-refractivity contribution in [3.8, 4) is 5.75 Å². The second kappa shape index (κ2) is 10.3. The molecule has 1 aromatic rings. The summed E-state index contributed by atoms with van der Waals surface area (Å²) in [5.74, 6) is -7.76. The first-order chi connectivity index (χ1) is 17.7. The molecule has 3 aliphatic carbocycles. The molecule has 1 aromatic carbocycles. The van der Waals surface area contributed by atoms with Gasteiger partial charge in [0.15, 0.2) is 11.4 Å². The largest absolute Gasteiger partial charge is 0.507 e. The van der Waals surface area contributed by atoms with Crippen LogP contribution in [0, 0.1) is 17.8 Å². The van der Waals surface area contributed by atoms with Crippen LogP contribution in [0.25, 0.3) is 5.76 Å². The molecule has 0 saturated heterocycles. The van der Waals surface area contributed by atoms with E-state index in [1.54, 1.807) is 38.0 Å². The maximum absolute atomic E-state index is 13.7. The van der Waals surface area contributed by atoms with Gasteiger partial charge >= 0.3 is 10.4 Å². The average Bonchev–Trinajstić information content (AvgIpc) is 2.74. The molecule has 39 heavy (non-hydrogen) atoms. The highest BCUT2D eigenvalue weighted by molar-refractivity contribution is 7.79. The first kappa shape index (κ1) is 30.7. The van der Waals surface area contributed by atoms with Gasteiger partial charge in [-0.15, -0.1) is 0 Å². The number of fused-ring (bicyclic) bond motifs is 3. The van der Waals surface area contributed by atoms with Gasteiger partial charge in [-0.05, 0) is 38.4 Å². The van der Waals surface area contributed by atoms with Gasteiger partial charge in [-0.25, -0.2) is 0 Å². The Hall–Kier alpha value is -2.79. The van der Waals surface area contributed by atoms with Gasteiger partial charge in [0.05, 0.1) is 22.4 Å². The minimum Gasteiger partial charge on any atom is -0.507 e. The number of primary amides is 1. The molecule has 4 rings (SSSR count). The van der Waals surface area contributed by atoms with E-state index in [9.17, 15) is 34.8 Å². The molecule has 216 valence electrons. The minimum absolute atomic E-state index is 0.00801. The van der Waals surface area contributed by atoms with Crippen LogP contribution >= 0.6 is 11.6 Å². The van der Waals surface area contributed by atoms with Gasteiger partial charge in [-0.2, -0.15) is 8.42 Å². The Labute approximate surface area is 228 Å². The Morgan fingerprint density at radius 3 is 2.15 bits per heavy atom. The number of hydrogen-bond acceptors (Lipinski definition) is 11. The number of carbonyl (C=O) groups excluding carboxylic acids is 3. The summed E-state index contributed by atoms with van der Waals surface area (Å²) in [6, 6.07) is 0.320. The van der Waals surface area contributed by atoms with Crippen molar-refractivity contribution in [1.29, 1.82) is 0 Å². The number of ketones is 2. The molecule has 3 aliphatic rings. The second-order valence-corrected chi connectivity index (χ2v) is 11.5. The van der Waals surface area contributed by atoms with E-state index in [2.05, 4.69) is 0 Å². The molecule has 0 aromatic heterocycles. The average molecular weight is 592 g/mol. The SMILES string of the molecule is CN(C)c1c(Cl)cc(O)c2c1CC1CC3[C@H](N(C)C)C(O)C(C(N)=O)C(=O)[C@@]3(O)C(=O)C1=C2O.O=S(=O)(O)O. The summed E-state index contributed by atoms with van der Waals surface area (Å²) in [4.78, 5) is 42.3. The molecule has 0 spiro atoms. The topological polar surface area (TPSA) is 239 Å². The van der Waals surface area contributed by atoms with Gasteiger partial charge in [0, 0.05) is 37.7 Å². The molecule has 0 aliphatic heterocycles. The molecule has 4 unspecified atom stereocenters. The quantitative estimate of drug-likeness (QED) is 0.168. The van der Waals surface area contributed by atoms with E-state index in [0.29, 0.717) is 11.3 Å². The molecule has 2 saturated carbocycles. The standard InChI is InChI=1S/C23H28ClN3O7.H2O4S/c1-26(2)16-9-5-8-6-10-17(27(3)4)19(30)15(22(25)33)21(32)23(10,34)20(31)13(8)18(29)14(9)12(28)7-11(16)24;1-5(2,3)4/h7-8,10,15,17,19,28-30,34H,5-6H2,1-4H3,(H2,25,33);(H2,1,2,3,4)/t8?,10?,15?,17-,19?,23-;/m0./s1. The summed E-state index contributed by atoms with van der Waals surface area (Å²) in [7, 11) is 2.05. The lowest BCUT2D eigenvalue weighted by Crippen LogP contribution is -2.73. The number of anilines is 1. The minimum atomic E-state index is -4.67. The third-order valence-corrected chi connectivity index (χ3v) is 7.75. The van der Waals surface area contributed by atoms with Crippen LogP contribution in [0.1, 0.15) is 17.5 Å². The highest BCUT2D eigenvalue weighted by Gasteiger charge is 2.67. The fourth-order valence-electron chi connectivity index (χ4n) is 6.12. The molecular formula is C23H30ClN3O11S. The third-order valence-electron chi connectivity index (χ3n) is 7.46. The third kappa shape index (κ3) is 5.11. The van der Waals surface area contributed by atoms with Gasteiger partial charge in [-0.1, -0.05) is 11.6 Å². The van der Waals surface area contributed by atoms with Gasteiger partial charge in [0.1, 0.15) is 17.4 Å². The molecule has 0 heterocycles. The monoisotopic (exact) mass is 591 g/mol. The Bertz CT molecular complexity index is 1370. The highest BCUT2D eigenvalue weighted by Crippen LogP contribution is 2.54. The number of phenolic OH excluding ortho intramolecular Hbond substituents is 1. The van der Waals surface area contributed by atoms with Gasteiger partial charge in [0.2, 0.25) is 11.7 Å². The number of benzene rings is 1. The molecule has 8 N–H and O–H groups in total. The summed E-state index contributed by atoms with van der Waals surface area (Å²) >= 11 is 6.36. The van der Waals surface area contributed by atoms with Gasteiger partial charge in [-0.3, -0.25) is 23.5 Å². The number of aliphatic hydroxyl groups excluding tert-OH is 2. The molecule has 6 atom stereocenters. The Morgan fingerprint density at radius 1 is 1.15 bits per heavy atom. The van der Waals surface area contributed by atoms with E-state index in [4.69, 9.17) is 34.9 Å². The van der Waals surface area contributed by atoms with E-state index in [1.807, 2.05) is 0 Å². The van der Waals surface area contributed by atoms with Crippen LogP contribution in [0.15, 0.2) is 11.6 Å². The van der Waals surface area contributed by atoms with Crippen molar-refractivity contribution < 1.29 is 52.3 Å². The fourth-order valence-corrected chi connectivity index (χ4v) is 6.50. The van der Waals surface area contributed by atoms with E-state index in [1.165, 1.54) is 6.07 Å².